The largest absolute Gasteiger partial charge is 0.264 e. The van der Waals surface area contributed by atoms with Crippen LogP contribution in [0.5, 0.6) is 0 Å². The van der Waals surface area contributed by atoms with Crippen LogP contribution in [-0.4, -0.2) is 4.92 Å². The van der Waals surface area contributed by atoms with E-state index in [-0.39, 0.29) is 4.92 Å². The SMILES string of the molecule is Cc1cccc(C(C)[N+](=O)[O-])c1. The van der Waals surface area contributed by atoms with Crippen LogP contribution in [0.3, 0.4) is 0 Å². The zero-order valence-electron chi connectivity index (χ0n) is 7.15. The molecule has 0 aliphatic carbocycles. The van der Waals surface area contributed by atoms with Crippen molar-refractivity contribution in [2.75, 3.05) is 0 Å². The summed E-state index contributed by atoms with van der Waals surface area (Å²) >= 11 is 0. The smallest absolute Gasteiger partial charge is 0.235 e. The van der Waals surface area contributed by atoms with E-state index in [1.807, 2.05) is 25.1 Å². The Hall–Kier alpha value is -1.38. The number of hydrogen-bond donors (Lipinski definition) is 0. The second kappa shape index (κ2) is 3.34. The lowest BCUT2D eigenvalue weighted by atomic mass is 10.1. The molecule has 0 aromatic heterocycles. The summed E-state index contributed by atoms with van der Waals surface area (Å²) in [5, 5.41) is 10.4. The summed E-state index contributed by atoms with van der Waals surface area (Å²) < 4.78 is 0. The van der Waals surface area contributed by atoms with Gasteiger partial charge in [0.05, 0.1) is 0 Å². The van der Waals surface area contributed by atoms with Gasteiger partial charge in [0.1, 0.15) is 0 Å². The van der Waals surface area contributed by atoms with Gasteiger partial charge in [-0.25, -0.2) is 0 Å². The molecule has 0 heterocycles. The third-order valence-electron chi connectivity index (χ3n) is 1.84. The van der Waals surface area contributed by atoms with Gasteiger partial charge in [-0.3, -0.25) is 10.1 Å². The van der Waals surface area contributed by atoms with Crippen molar-refractivity contribution in [3.63, 3.8) is 0 Å². The first kappa shape index (κ1) is 8.71. The summed E-state index contributed by atoms with van der Waals surface area (Å²) in [6.45, 7) is 3.52. The fraction of sp³-hybridized carbons (Fsp3) is 0.333. The number of hydrogen-bond acceptors (Lipinski definition) is 2. The molecule has 0 bridgehead atoms. The summed E-state index contributed by atoms with van der Waals surface area (Å²) in [7, 11) is 0. The van der Waals surface area contributed by atoms with E-state index in [9.17, 15) is 10.1 Å². The maximum atomic E-state index is 10.4. The second-order valence-corrected chi connectivity index (χ2v) is 2.88. The molecule has 0 amide bonds. The molecule has 1 aromatic carbocycles. The minimum Gasteiger partial charge on any atom is -0.264 e. The second-order valence-electron chi connectivity index (χ2n) is 2.88. The van der Waals surface area contributed by atoms with E-state index >= 15 is 0 Å². The van der Waals surface area contributed by atoms with E-state index in [4.69, 9.17) is 0 Å². The molecule has 0 aliphatic rings. The minimum atomic E-state index is -0.607. The Morgan fingerprint density at radius 2 is 2.17 bits per heavy atom. The van der Waals surface area contributed by atoms with Crippen LogP contribution in [0.25, 0.3) is 0 Å². The monoisotopic (exact) mass is 165 g/mol. The number of rotatable bonds is 2. The Morgan fingerprint density at radius 1 is 1.50 bits per heavy atom. The summed E-state index contributed by atoms with van der Waals surface area (Å²) in [6.07, 6.45) is 0. The van der Waals surface area contributed by atoms with E-state index in [0.717, 1.165) is 11.1 Å². The number of benzene rings is 1. The van der Waals surface area contributed by atoms with Crippen LogP contribution < -0.4 is 0 Å². The van der Waals surface area contributed by atoms with Crippen LogP contribution >= 0.6 is 0 Å². The van der Waals surface area contributed by atoms with Crippen LogP contribution in [-0.2, 0) is 0 Å². The predicted octanol–water partition coefficient (Wildman–Crippen LogP) is 2.33. The predicted molar refractivity (Wildman–Crippen MR) is 46.6 cm³/mol. The quantitative estimate of drug-likeness (QED) is 0.498. The molecular formula is C9H11NO2. The highest BCUT2D eigenvalue weighted by Gasteiger charge is 2.14. The van der Waals surface area contributed by atoms with Gasteiger partial charge in [0, 0.05) is 17.4 Å². The first-order valence-corrected chi connectivity index (χ1v) is 3.81. The van der Waals surface area contributed by atoms with Crippen molar-refractivity contribution in [1.29, 1.82) is 0 Å². The van der Waals surface area contributed by atoms with Crippen molar-refractivity contribution in [2.24, 2.45) is 0 Å². The molecule has 0 saturated carbocycles. The Kier molecular flexibility index (Phi) is 2.43. The van der Waals surface area contributed by atoms with Crippen LogP contribution in [0.4, 0.5) is 0 Å². The van der Waals surface area contributed by atoms with Gasteiger partial charge in [-0.2, -0.15) is 0 Å². The third-order valence-corrected chi connectivity index (χ3v) is 1.84. The molecule has 0 N–H and O–H groups in total. The van der Waals surface area contributed by atoms with Crippen LogP contribution in [0.1, 0.15) is 24.1 Å². The van der Waals surface area contributed by atoms with Gasteiger partial charge in [-0.05, 0) is 13.0 Å². The Balaban J connectivity index is 2.95. The number of nitrogens with zero attached hydrogens (tertiary/aromatic N) is 1. The lowest BCUT2D eigenvalue weighted by Crippen LogP contribution is -2.05. The topological polar surface area (TPSA) is 43.1 Å². The van der Waals surface area contributed by atoms with Crippen LogP contribution in [0.2, 0.25) is 0 Å². The van der Waals surface area contributed by atoms with E-state index in [2.05, 4.69) is 0 Å². The standard InChI is InChI=1S/C9H11NO2/c1-7-4-3-5-9(6-7)8(2)10(11)12/h3-6,8H,1-2H3. The summed E-state index contributed by atoms with van der Waals surface area (Å²) in [5.74, 6) is 0. The maximum Gasteiger partial charge on any atom is 0.235 e. The van der Waals surface area contributed by atoms with Crippen molar-refractivity contribution in [1.82, 2.24) is 0 Å². The highest BCUT2D eigenvalue weighted by Crippen LogP contribution is 2.16. The zero-order valence-corrected chi connectivity index (χ0v) is 7.15. The molecule has 1 unspecified atom stereocenters. The molecule has 3 heteroatoms. The highest BCUT2D eigenvalue weighted by atomic mass is 16.6. The van der Waals surface area contributed by atoms with Gasteiger partial charge in [0.25, 0.3) is 0 Å². The Morgan fingerprint density at radius 3 is 2.67 bits per heavy atom. The molecule has 0 fully saturated rings. The molecule has 0 saturated heterocycles. The van der Waals surface area contributed by atoms with E-state index in [0.29, 0.717) is 0 Å². The van der Waals surface area contributed by atoms with Crippen LogP contribution in [0.15, 0.2) is 24.3 Å². The normalized spacial score (nSPS) is 12.5. The number of aryl methyl sites for hydroxylation is 1. The molecule has 0 aliphatic heterocycles. The van der Waals surface area contributed by atoms with Crippen molar-refractivity contribution in [3.8, 4) is 0 Å². The molecule has 12 heavy (non-hydrogen) atoms. The summed E-state index contributed by atoms with van der Waals surface area (Å²) in [6, 6.07) is 6.78. The van der Waals surface area contributed by atoms with Gasteiger partial charge < -0.3 is 0 Å². The first-order chi connectivity index (χ1) is 5.61. The number of nitro groups is 1. The fourth-order valence-electron chi connectivity index (χ4n) is 1.05. The average molecular weight is 165 g/mol. The fourth-order valence-corrected chi connectivity index (χ4v) is 1.05. The van der Waals surface area contributed by atoms with Crippen LogP contribution in [0, 0.1) is 17.0 Å². The molecule has 1 atom stereocenters. The molecule has 64 valence electrons. The van der Waals surface area contributed by atoms with Gasteiger partial charge >= 0.3 is 0 Å². The molecule has 0 spiro atoms. The maximum absolute atomic E-state index is 10.4. The summed E-state index contributed by atoms with van der Waals surface area (Å²) in [5.41, 5.74) is 1.82. The average Bonchev–Trinajstić information content (AvgIpc) is 2.03. The van der Waals surface area contributed by atoms with E-state index < -0.39 is 6.04 Å². The van der Waals surface area contributed by atoms with Gasteiger partial charge in [0.15, 0.2) is 0 Å². The van der Waals surface area contributed by atoms with E-state index in [1.54, 1.807) is 13.0 Å². The lowest BCUT2D eigenvalue weighted by molar-refractivity contribution is -0.524. The molecule has 1 aromatic rings. The van der Waals surface area contributed by atoms with Crippen molar-refractivity contribution >= 4 is 0 Å². The highest BCUT2D eigenvalue weighted by molar-refractivity contribution is 5.23. The molecule has 3 nitrogen and oxygen atoms in total. The van der Waals surface area contributed by atoms with Gasteiger partial charge in [-0.15, -0.1) is 0 Å². The van der Waals surface area contributed by atoms with E-state index in [1.165, 1.54) is 0 Å². The Labute approximate surface area is 71.2 Å². The summed E-state index contributed by atoms with van der Waals surface area (Å²) in [4.78, 5) is 10.1. The zero-order chi connectivity index (χ0) is 9.14. The molecular weight excluding hydrogens is 154 g/mol. The van der Waals surface area contributed by atoms with Crippen molar-refractivity contribution < 1.29 is 4.92 Å². The Bertz CT molecular complexity index is 296. The van der Waals surface area contributed by atoms with Crippen molar-refractivity contribution in [3.05, 3.63) is 45.5 Å². The van der Waals surface area contributed by atoms with Gasteiger partial charge in [0.2, 0.25) is 6.04 Å². The lowest BCUT2D eigenvalue weighted by Gasteiger charge is -2.03. The van der Waals surface area contributed by atoms with Crippen molar-refractivity contribution in [2.45, 2.75) is 19.9 Å². The minimum absolute atomic E-state index is 0.283. The third kappa shape index (κ3) is 1.81. The van der Waals surface area contributed by atoms with Gasteiger partial charge in [-0.1, -0.05) is 23.8 Å². The first-order valence-electron chi connectivity index (χ1n) is 3.81. The molecule has 0 radical (unpaired) electrons. The molecule has 1 rings (SSSR count).